The van der Waals surface area contributed by atoms with Gasteiger partial charge in [0.15, 0.2) is 0 Å². The van der Waals surface area contributed by atoms with Gasteiger partial charge in [0.05, 0.1) is 16.9 Å². The molecule has 5 heteroatoms. The standard InChI is InChI=1S/C16H27N5/c1-5-13-10-20(4)7-6-8-21(13)14-9-11(2)19-12(3)15(14)16(17)18/h9,13H,5-8,10H2,1-4H3,(H3,17,18). The second kappa shape index (κ2) is 6.43. The van der Waals surface area contributed by atoms with Crippen LogP contribution in [0, 0.1) is 19.3 Å². The van der Waals surface area contributed by atoms with E-state index in [-0.39, 0.29) is 5.84 Å². The molecule has 1 unspecified atom stereocenters. The average Bonchev–Trinajstić information content (AvgIpc) is 2.58. The van der Waals surface area contributed by atoms with Crippen LogP contribution in [-0.4, -0.2) is 48.4 Å². The number of hydrogen-bond donors (Lipinski definition) is 2. The number of nitrogens with zero attached hydrogens (tertiary/aromatic N) is 3. The van der Waals surface area contributed by atoms with Gasteiger partial charge in [0, 0.05) is 24.8 Å². The summed E-state index contributed by atoms with van der Waals surface area (Å²) in [6.45, 7) is 9.35. The van der Waals surface area contributed by atoms with E-state index in [0.29, 0.717) is 6.04 Å². The van der Waals surface area contributed by atoms with E-state index in [0.717, 1.165) is 55.1 Å². The fraction of sp³-hybridized carbons (Fsp3) is 0.625. The molecule has 1 saturated heterocycles. The molecule has 1 aliphatic rings. The van der Waals surface area contributed by atoms with Gasteiger partial charge in [-0.3, -0.25) is 10.4 Å². The predicted octanol–water partition coefficient (Wildman–Crippen LogP) is 1.90. The van der Waals surface area contributed by atoms with Crippen molar-refractivity contribution in [3.8, 4) is 0 Å². The number of aromatic nitrogens is 1. The lowest BCUT2D eigenvalue weighted by Crippen LogP contribution is -2.41. The molecule has 1 fully saturated rings. The molecule has 0 aromatic carbocycles. The smallest absolute Gasteiger partial charge is 0.126 e. The highest BCUT2D eigenvalue weighted by Crippen LogP contribution is 2.28. The number of nitrogens with one attached hydrogen (secondary N) is 1. The Morgan fingerprint density at radius 2 is 2.14 bits per heavy atom. The van der Waals surface area contributed by atoms with E-state index in [1.807, 2.05) is 13.8 Å². The summed E-state index contributed by atoms with van der Waals surface area (Å²) in [7, 11) is 2.18. The first kappa shape index (κ1) is 15.8. The topological polar surface area (TPSA) is 69.2 Å². The van der Waals surface area contributed by atoms with Crippen molar-refractivity contribution in [1.82, 2.24) is 9.88 Å². The van der Waals surface area contributed by atoms with Crippen molar-refractivity contribution in [2.75, 3.05) is 31.6 Å². The van der Waals surface area contributed by atoms with Crippen molar-refractivity contribution in [1.29, 1.82) is 5.41 Å². The first-order chi connectivity index (χ1) is 9.93. The SMILES string of the molecule is CCC1CN(C)CCCN1c1cc(C)nc(C)c1C(=N)N. The summed E-state index contributed by atoms with van der Waals surface area (Å²) in [6, 6.07) is 2.54. The molecule has 0 bridgehead atoms. The number of likely N-dealkylation sites (N-methyl/N-ethyl adjacent to an activating group) is 1. The first-order valence-corrected chi connectivity index (χ1v) is 7.71. The lowest BCUT2D eigenvalue weighted by Gasteiger charge is -2.34. The Balaban J connectivity index is 2.50. The van der Waals surface area contributed by atoms with Crippen molar-refractivity contribution in [3.05, 3.63) is 23.0 Å². The molecule has 1 aromatic heterocycles. The zero-order valence-corrected chi connectivity index (χ0v) is 13.6. The molecule has 2 rings (SSSR count). The maximum atomic E-state index is 7.92. The Labute approximate surface area is 127 Å². The molecule has 0 saturated carbocycles. The highest BCUT2D eigenvalue weighted by atomic mass is 15.2. The number of nitrogens with two attached hydrogens (primary N) is 1. The van der Waals surface area contributed by atoms with Crippen molar-refractivity contribution in [2.24, 2.45) is 5.73 Å². The number of aryl methyl sites for hydroxylation is 2. The van der Waals surface area contributed by atoms with Crippen LogP contribution in [0.25, 0.3) is 0 Å². The average molecular weight is 289 g/mol. The van der Waals surface area contributed by atoms with Crippen molar-refractivity contribution < 1.29 is 0 Å². The lowest BCUT2D eigenvalue weighted by molar-refractivity contribution is 0.328. The molecule has 5 nitrogen and oxygen atoms in total. The largest absolute Gasteiger partial charge is 0.384 e. The molecule has 0 aliphatic carbocycles. The van der Waals surface area contributed by atoms with Gasteiger partial charge in [-0.05, 0) is 46.3 Å². The molecule has 0 amide bonds. The normalized spacial score (nSPS) is 20.4. The van der Waals surface area contributed by atoms with E-state index in [9.17, 15) is 0 Å². The fourth-order valence-corrected chi connectivity index (χ4v) is 3.28. The van der Waals surface area contributed by atoms with E-state index < -0.39 is 0 Å². The summed E-state index contributed by atoms with van der Waals surface area (Å²) in [6.07, 6.45) is 2.22. The summed E-state index contributed by atoms with van der Waals surface area (Å²) in [5, 5.41) is 7.92. The van der Waals surface area contributed by atoms with Crippen LogP contribution in [0.2, 0.25) is 0 Å². The van der Waals surface area contributed by atoms with Crippen molar-refractivity contribution in [2.45, 2.75) is 39.7 Å². The second-order valence-electron chi connectivity index (χ2n) is 6.03. The Hall–Kier alpha value is -1.62. The summed E-state index contributed by atoms with van der Waals surface area (Å²) in [5.41, 5.74) is 9.54. The van der Waals surface area contributed by atoms with Gasteiger partial charge in [0.25, 0.3) is 0 Å². The van der Waals surface area contributed by atoms with E-state index in [1.54, 1.807) is 0 Å². The maximum Gasteiger partial charge on any atom is 0.126 e. The minimum absolute atomic E-state index is 0.113. The van der Waals surface area contributed by atoms with E-state index >= 15 is 0 Å². The molecule has 1 aromatic rings. The third kappa shape index (κ3) is 3.35. The number of amidine groups is 1. The molecular formula is C16H27N5. The van der Waals surface area contributed by atoms with Gasteiger partial charge in [-0.15, -0.1) is 0 Å². The maximum absolute atomic E-state index is 7.92. The third-order valence-corrected chi connectivity index (χ3v) is 4.26. The van der Waals surface area contributed by atoms with E-state index in [4.69, 9.17) is 11.1 Å². The van der Waals surface area contributed by atoms with Crippen LogP contribution in [0.1, 0.15) is 36.7 Å². The molecule has 116 valence electrons. The fourth-order valence-electron chi connectivity index (χ4n) is 3.28. The monoisotopic (exact) mass is 289 g/mol. The van der Waals surface area contributed by atoms with E-state index in [2.05, 4.69) is 34.8 Å². The summed E-state index contributed by atoms with van der Waals surface area (Å²) >= 11 is 0. The number of nitrogen functional groups attached to an aromatic ring is 1. The minimum atomic E-state index is 0.113. The van der Waals surface area contributed by atoms with Gasteiger partial charge < -0.3 is 15.5 Å². The third-order valence-electron chi connectivity index (χ3n) is 4.26. The van der Waals surface area contributed by atoms with Crippen LogP contribution in [0.3, 0.4) is 0 Å². The van der Waals surface area contributed by atoms with Gasteiger partial charge in [-0.1, -0.05) is 6.92 Å². The second-order valence-corrected chi connectivity index (χ2v) is 6.03. The number of rotatable bonds is 3. The van der Waals surface area contributed by atoms with Crippen LogP contribution in [0.4, 0.5) is 5.69 Å². The highest BCUT2D eigenvalue weighted by molar-refractivity contribution is 6.01. The molecule has 3 N–H and O–H groups in total. The van der Waals surface area contributed by atoms with Crippen molar-refractivity contribution >= 4 is 11.5 Å². The molecular weight excluding hydrogens is 262 g/mol. The predicted molar refractivity (Wildman–Crippen MR) is 88.3 cm³/mol. The van der Waals surface area contributed by atoms with Gasteiger partial charge >= 0.3 is 0 Å². The number of pyridine rings is 1. The zero-order valence-electron chi connectivity index (χ0n) is 13.6. The Bertz CT molecular complexity index is 526. The van der Waals surface area contributed by atoms with Crippen LogP contribution in [0.5, 0.6) is 0 Å². The van der Waals surface area contributed by atoms with Crippen LogP contribution in [0.15, 0.2) is 6.07 Å². The van der Waals surface area contributed by atoms with Crippen LogP contribution >= 0.6 is 0 Å². The molecule has 0 radical (unpaired) electrons. The number of hydrogen-bond acceptors (Lipinski definition) is 4. The van der Waals surface area contributed by atoms with Crippen molar-refractivity contribution in [3.63, 3.8) is 0 Å². The van der Waals surface area contributed by atoms with Gasteiger partial charge in [0.2, 0.25) is 0 Å². The summed E-state index contributed by atoms with van der Waals surface area (Å²) in [5.74, 6) is 0.113. The Kier molecular flexibility index (Phi) is 4.83. The molecule has 2 heterocycles. The minimum Gasteiger partial charge on any atom is -0.384 e. The zero-order chi connectivity index (χ0) is 15.6. The summed E-state index contributed by atoms with van der Waals surface area (Å²) < 4.78 is 0. The number of anilines is 1. The lowest BCUT2D eigenvalue weighted by atomic mass is 10.1. The quantitative estimate of drug-likeness (QED) is 0.659. The molecule has 21 heavy (non-hydrogen) atoms. The first-order valence-electron chi connectivity index (χ1n) is 7.71. The van der Waals surface area contributed by atoms with Gasteiger partial charge in [-0.2, -0.15) is 0 Å². The van der Waals surface area contributed by atoms with Gasteiger partial charge in [-0.25, -0.2) is 0 Å². The highest BCUT2D eigenvalue weighted by Gasteiger charge is 2.25. The molecule has 1 atom stereocenters. The van der Waals surface area contributed by atoms with E-state index in [1.165, 1.54) is 0 Å². The Morgan fingerprint density at radius 3 is 2.76 bits per heavy atom. The van der Waals surface area contributed by atoms with Gasteiger partial charge in [0.1, 0.15) is 5.84 Å². The molecule has 0 spiro atoms. The summed E-state index contributed by atoms with van der Waals surface area (Å²) in [4.78, 5) is 9.31. The van der Waals surface area contributed by atoms with Crippen LogP contribution in [-0.2, 0) is 0 Å². The Morgan fingerprint density at radius 1 is 1.43 bits per heavy atom. The molecule has 1 aliphatic heterocycles. The van der Waals surface area contributed by atoms with Crippen LogP contribution < -0.4 is 10.6 Å².